The lowest BCUT2D eigenvalue weighted by molar-refractivity contribution is 0.0950. The number of nitrogens with one attached hydrogen (secondary N) is 1. The number of anilines is 1. The minimum atomic E-state index is -0.106. The van der Waals surface area contributed by atoms with E-state index in [9.17, 15) is 4.79 Å². The van der Waals surface area contributed by atoms with Crippen LogP contribution >= 0.6 is 11.6 Å². The van der Waals surface area contributed by atoms with Crippen LogP contribution in [0, 0.1) is 13.8 Å². The number of hydrogen-bond donors (Lipinski definition) is 1. The monoisotopic (exact) mass is 495 g/mol. The van der Waals surface area contributed by atoms with Crippen LogP contribution in [-0.4, -0.2) is 53.3 Å². The fraction of sp³-hybridized carbons (Fsp3) is 0.500. The molecule has 1 heterocycles. The average molecular weight is 496 g/mol. The molecule has 0 aliphatic heterocycles. The molecule has 6 nitrogen and oxygen atoms in total. The van der Waals surface area contributed by atoms with Gasteiger partial charge in [0.1, 0.15) is 0 Å². The van der Waals surface area contributed by atoms with Gasteiger partial charge in [-0.3, -0.25) is 9.48 Å². The number of rotatable bonds is 7. The van der Waals surface area contributed by atoms with E-state index in [1.54, 1.807) is 6.07 Å². The van der Waals surface area contributed by atoms with Crippen molar-refractivity contribution in [3.05, 3.63) is 57.7 Å². The maximum absolute atomic E-state index is 13.4. The summed E-state index contributed by atoms with van der Waals surface area (Å²) in [6, 6.07) is 9.09. The van der Waals surface area contributed by atoms with Gasteiger partial charge in [0, 0.05) is 65.6 Å². The molecule has 3 aromatic rings. The van der Waals surface area contributed by atoms with Crippen LogP contribution in [0.15, 0.2) is 30.5 Å². The van der Waals surface area contributed by atoms with E-state index in [2.05, 4.69) is 60.3 Å². The fourth-order valence-electron chi connectivity index (χ4n) is 5.56. The predicted octanol–water partition coefficient (Wildman–Crippen LogP) is 5.47. The highest BCUT2D eigenvalue weighted by molar-refractivity contribution is 6.31. The van der Waals surface area contributed by atoms with Crippen LogP contribution in [0.5, 0.6) is 0 Å². The second-order valence-corrected chi connectivity index (χ2v) is 10.5. The minimum absolute atomic E-state index is 0.106. The first-order chi connectivity index (χ1) is 16.7. The summed E-state index contributed by atoms with van der Waals surface area (Å²) in [5.41, 5.74) is 5.79. The lowest BCUT2D eigenvalue weighted by Crippen LogP contribution is -2.42. The van der Waals surface area contributed by atoms with Crippen molar-refractivity contribution in [3.8, 4) is 0 Å². The predicted molar refractivity (Wildman–Crippen MR) is 146 cm³/mol. The highest BCUT2D eigenvalue weighted by Gasteiger charge is 2.28. The van der Waals surface area contributed by atoms with Gasteiger partial charge in [0.05, 0.1) is 5.52 Å². The zero-order chi connectivity index (χ0) is 25.3. The van der Waals surface area contributed by atoms with E-state index in [-0.39, 0.29) is 5.91 Å². The molecule has 1 aliphatic carbocycles. The van der Waals surface area contributed by atoms with E-state index in [4.69, 9.17) is 11.6 Å². The zero-order valence-corrected chi connectivity index (χ0v) is 22.6. The molecule has 1 aromatic heterocycles. The van der Waals surface area contributed by atoms with Crippen molar-refractivity contribution in [1.82, 2.24) is 20.0 Å². The number of nitrogens with zero attached hydrogens (tertiary/aromatic N) is 4. The number of carbonyl (C=O) groups is 1. The second kappa shape index (κ2) is 10.6. The summed E-state index contributed by atoms with van der Waals surface area (Å²) in [5, 5.41) is 9.42. The van der Waals surface area contributed by atoms with Crippen molar-refractivity contribution in [1.29, 1.82) is 0 Å². The Hall–Kier alpha value is -2.57. The van der Waals surface area contributed by atoms with Crippen molar-refractivity contribution in [2.24, 2.45) is 7.05 Å². The third kappa shape index (κ3) is 5.34. The summed E-state index contributed by atoms with van der Waals surface area (Å²) in [4.78, 5) is 18.2. The van der Waals surface area contributed by atoms with Crippen LogP contribution in [-0.2, 0) is 13.6 Å². The smallest absolute Gasteiger partial charge is 0.251 e. The molecule has 0 unspecified atom stereocenters. The molecule has 1 saturated carbocycles. The highest BCUT2D eigenvalue weighted by Crippen LogP contribution is 2.34. The molecule has 35 heavy (non-hydrogen) atoms. The summed E-state index contributed by atoms with van der Waals surface area (Å²) in [6.07, 6.45) is 6.69. The first kappa shape index (κ1) is 25.5. The maximum Gasteiger partial charge on any atom is 0.251 e. The van der Waals surface area contributed by atoms with Crippen molar-refractivity contribution in [2.75, 3.05) is 25.5 Å². The third-order valence-electron chi connectivity index (χ3n) is 7.63. The van der Waals surface area contributed by atoms with Gasteiger partial charge in [-0.15, -0.1) is 0 Å². The Kier molecular flexibility index (Phi) is 7.72. The van der Waals surface area contributed by atoms with Crippen LogP contribution < -0.4 is 10.2 Å². The molecule has 0 atom stereocenters. The van der Waals surface area contributed by atoms with Crippen LogP contribution in [0.4, 0.5) is 5.69 Å². The normalized spacial score (nSPS) is 18.3. The minimum Gasteiger partial charge on any atom is -0.369 e. The van der Waals surface area contributed by atoms with Crippen molar-refractivity contribution in [3.63, 3.8) is 0 Å². The molecule has 1 fully saturated rings. The molecule has 0 saturated heterocycles. The summed E-state index contributed by atoms with van der Waals surface area (Å²) in [5.74, 6) is -0.106. The van der Waals surface area contributed by atoms with Gasteiger partial charge < -0.3 is 15.1 Å². The van der Waals surface area contributed by atoms with Gasteiger partial charge in [0.15, 0.2) is 0 Å². The van der Waals surface area contributed by atoms with Crippen LogP contribution in [0.25, 0.3) is 10.9 Å². The number of amides is 1. The van der Waals surface area contributed by atoms with Crippen molar-refractivity contribution < 1.29 is 4.79 Å². The molecule has 1 aliphatic rings. The summed E-state index contributed by atoms with van der Waals surface area (Å²) in [7, 11) is 6.26. The van der Waals surface area contributed by atoms with E-state index in [0.717, 1.165) is 52.7 Å². The molecule has 188 valence electrons. The molecular weight excluding hydrogens is 458 g/mol. The second-order valence-electron chi connectivity index (χ2n) is 10.1. The third-order valence-corrected chi connectivity index (χ3v) is 7.85. The molecule has 7 heteroatoms. The van der Waals surface area contributed by atoms with E-state index < -0.39 is 0 Å². The van der Waals surface area contributed by atoms with Crippen LogP contribution in [0.3, 0.4) is 0 Å². The molecule has 0 spiro atoms. The van der Waals surface area contributed by atoms with Gasteiger partial charge in [0.2, 0.25) is 0 Å². The number of hydrogen-bond acceptors (Lipinski definition) is 4. The first-order valence-electron chi connectivity index (χ1n) is 12.6. The number of benzene rings is 2. The van der Waals surface area contributed by atoms with Gasteiger partial charge in [-0.2, -0.15) is 5.10 Å². The van der Waals surface area contributed by atoms with Crippen LogP contribution in [0.2, 0.25) is 5.02 Å². The van der Waals surface area contributed by atoms with Crippen LogP contribution in [0.1, 0.15) is 59.7 Å². The molecule has 2 aromatic carbocycles. The maximum atomic E-state index is 13.4. The van der Waals surface area contributed by atoms with Crippen molar-refractivity contribution >= 4 is 34.1 Å². The number of fused-ring (bicyclic) bond motifs is 1. The first-order valence-corrected chi connectivity index (χ1v) is 13.0. The Balaban J connectivity index is 1.56. The quantitative estimate of drug-likeness (QED) is 0.472. The van der Waals surface area contributed by atoms with Gasteiger partial charge >= 0.3 is 0 Å². The number of carbonyl (C=O) groups excluding carboxylic acids is 1. The number of aromatic nitrogens is 2. The van der Waals surface area contributed by atoms with E-state index in [1.807, 2.05) is 30.9 Å². The SMILES string of the molecule is CCN(c1cc(Cl)cc(C(=O)NCc2c(C)ccc3cn(C)nc23)c1C)C1CCC(N(C)C)CC1. The molecule has 0 bridgehead atoms. The molecule has 0 radical (unpaired) electrons. The number of halogens is 1. The van der Waals surface area contributed by atoms with Crippen molar-refractivity contribution in [2.45, 2.75) is 65.1 Å². The Morgan fingerprint density at radius 3 is 2.49 bits per heavy atom. The lowest BCUT2D eigenvalue weighted by atomic mass is 9.89. The lowest BCUT2D eigenvalue weighted by Gasteiger charge is -2.40. The summed E-state index contributed by atoms with van der Waals surface area (Å²) in [6.45, 7) is 7.60. The van der Waals surface area contributed by atoms with Gasteiger partial charge in [0.25, 0.3) is 5.91 Å². The fourth-order valence-corrected chi connectivity index (χ4v) is 5.78. The Morgan fingerprint density at radius 2 is 1.83 bits per heavy atom. The standard InChI is InChI=1S/C28H38ClN5O/c1-7-34(23-12-10-22(11-13-23)32(4)5)26-15-21(29)14-24(19(26)3)28(35)30-16-25-18(2)8-9-20-17-33(6)31-27(20)25/h8-9,14-15,17,22-23H,7,10-13,16H2,1-6H3,(H,30,35). The molecule has 4 rings (SSSR count). The van der Waals surface area contributed by atoms with Gasteiger partial charge in [-0.1, -0.05) is 23.7 Å². The van der Waals surface area contributed by atoms with Gasteiger partial charge in [-0.05, 0) is 83.8 Å². The largest absolute Gasteiger partial charge is 0.369 e. The zero-order valence-electron chi connectivity index (χ0n) is 21.9. The molecule has 1 N–H and O–H groups in total. The highest BCUT2D eigenvalue weighted by atomic mass is 35.5. The topological polar surface area (TPSA) is 53.4 Å². The van der Waals surface area contributed by atoms with E-state index in [1.165, 1.54) is 12.8 Å². The number of aryl methyl sites for hydroxylation is 2. The van der Waals surface area contributed by atoms with E-state index in [0.29, 0.717) is 29.2 Å². The summed E-state index contributed by atoms with van der Waals surface area (Å²) < 4.78 is 1.81. The summed E-state index contributed by atoms with van der Waals surface area (Å²) >= 11 is 6.57. The van der Waals surface area contributed by atoms with E-state index >= 15 is 0 Å². The van der Waals surface area contributed by atoms with Gasteiger partial charge in [-0.25, -0.2) is 0 Å². The Bertz CT molecular complexity index is 1210. The Morgan fingerprint density at radius 1 is 1.14 bits per heavy atom. The average Bonchev–Trinajstić information content (AvgIpc) is 3.21. The molecular formula is C28H38ClN5O. The molecule has 1 amide bonds. The Labute approximate surface area is 214 Å².